The monoisotopic (exact) mass is 230 g/mol. The predicted octanol–water partition coefficient (Wildman–Crippen LogP) is 2.28. The quantitative estimate of drug-likeness (QED) is 0.875. The zero-order valence-corrected chi connectivity index (χ0v) is 9.12. The van der Waals surface area contributed by atoms with E-state index in [9.17, 15) is 4.79 Å². The van der Waals surface area contributed by atoms with Crippen molar-refractivity contribution in [2.45, 2.75) is 6.92 Å². The molecule has 0 amide bonds. The fourth-order valence-electron chi connectivity index (χ4n) is 1.33. The SMILES string of the molecule is Cc1cc(Oc2ccccc2C(=O)O)ncn1. The Bertz CT molecular complexity index is 555. The number of ether oxygens (including phenoxy) is 1. The zero-order valence-electron chi connectivity index (χ0n) is 9.12. The summed E-state index contributed by atoms with van der Waals surface area (Å²) in [5.74, 6) is -0.448. The summed E-state index contributed by atoms with van der Waals surface area (Å²) < 4.78 is 5.42. The van der Waals surface area contributed by atoms with Crippen LogP contribution in [0, 0.1) is 6.92 Å². The molecule has 0 unspecified atom stereocenters. The van der Waals surface area contributed by atoms with E-state index >= 15 is 0 Å². The minimum atomic E-state index is -1.04. The van der Waals surface area contributed by atoms with Crippen LogP contribution in [0.4, 0.5) is 0 Å². The van der Waals surface area contributed by atoms with Gasteiger partial charge in [-0.2, -0.15) is 0 Å². The highest BCUT2D eigenvalue weighted by atomic mass is 16.5. The van der Waals surface area contributed by atoms with Gasteiger partial charge in [0.25, 0.3) is 0 Å². The molecule has 1 N–H and O–H groups in total. The first-order chi connectivity index (χ1) is 8.16. The Morgan fingerprint density at radius 3 is 2.76 bits per heavy atom. The summed E-state index contributed by atoms with van der Waals surface area (Å²) in [6.07, 6.45) is 1.37. The van der Waals surface area contributed by atoms with Gasteiger partial charge < -0.3 is 9.84 Å². The second-order valence-corrected chi connectivity index (χ2v) is 3.40. The molecule has 0 fully saturated rings. The lowest BCUT2D eigenvalue weighted by atomic mass is 10.2. The van der Waals surface area contributed by atoms with E-state index in [-0.39, 0.29) is 11.3 Å². The summed E-state index contributed by atoms with van der Waals surface area (Å²) in [5.41, 5.74) is 0.853. The molecule has 2 aromatic rings. The number of carboxylic acid groups (broad SMARTS) is 1. The summed E-state index contributed by atoms with van der Waals surface area (Å²) in [6, 6.07) is 8.04. The minimum Gasteiger partial charge on any atom is -0.478 e. The van der Waals surface area contributed by atoms with Crippen LogP contribution in [-0.2, 0) is 0 Å². The molecule has 2 rings (SSSR count). The molecule has 0 aliphatic carbocycles. The van der Waals surface area contributed by atoms with Crippen LogP contribution < -0.4 is 4.74 Å². The van der Waals surface area contributed by atoms with Crippen molar-refractivity contribution in [3.8, 4) is 11.6 Å². The molecule has 0 radical (unpaired) electrons. The maximum atomic E-state index is 11.0. The average Bonchev–Trinajstić information content (AvgIpc) is 2.29. The summed E-state index contributed by atoms with van der Waals surface area (Å²) in [7, 11) is 0. The standard InChI is InChI=1S/C12H10N2O3/c1-8-6-11(14-7-13-8)17-10-5-3-2-4-9(10)12(15)16/h2-7H,1H3,(H,15,16). The van der Waals surface area contributed by atoms with E-state index in [0.29, 0.717) is 5.88 Å². The number of rotatable bonds is 3. The van der Waals surface area contributed by atoms with Crippen molar-refractivity contribution in [1.29, 1.82) is 0 Å². The first-order valence-corrected chi connectivity index (χ1v) is 4.95. The lowest BCUT2D eigenvalue weighted by molar-refractivity contribution is 0.0694. The number of hydrogen-bond donors (Lipinski definition) is 1. The van der Waals surface area contributed by atoms with Gasteiger partial charge in [-0.1, -0.05) is 12.1 Å². The van der Waals surface area contributed by atoms with Gasteiger partial charge in [-0.25, -0.2) is 14.8 Å². The summed E-state index contributed by atoms with van der Waals surface area (Å²) in [6.45, 7) is 1.80. The van der Waals surface area contributed by atoms with Crippen LogP contribution in [0.5, 0.6) is 11.6 Å². The smallest absolute Gasteiger partial charge is 0.339 e. The maximum absolute atomic E-state index is 11.0. The zero-order chi connectivity index (χ0) is 12.3. The summed E-state index contributed by atoms with van der Waals surface area (Å²) in [5, 5.41) is 8.99. The van der Waals surface area contributed by atoms with Crippen molar-refractivity contribution in [2.75, 3.05) is 0 Å². The van der Waals surface area contributed by atoms with Crippen molar-refractivity contribution in [3.63, 3.8) is 0 Å². The first kappa shape index (κ1) is 11.1. The number of benzene rings is 1. The van der Waals surface area contributed by atoms with Gasteiger partial charge in [-0.05, 0) is 19.1 Å². The number of aryl methyl sites for hydroxylation is 1. The Labute approximate surface area is 97.7 Å². The van der Waals surface area contributed by atoms with E-state index in [1.807, 2.05) is 0 Å². The lowest BCUT2D eigenvalue weighted by Crippen LogP contribution is -2.00. The topological polar surface area (TPSA) is 72.3 Å². The molecule has 0 bridgehead atoms. The Kier molecular flexibility index (Phi) is 3.00. The Morgan fingerprint density at radius 2 is 2.06 bits per heavy atom. The van der Waals surface area contributed by atoms with Gasteiger partial charge in [0.1, 0.15) is 17.6 Å². The third-order valence-electron chi connectivity index (χ3n) is 2.11. The van der Waals surface area contributed by atoms with Crippen LogP contribution in [0.15, 0.2) is 36.7 Å². The van der Waals surface area contributed by atoms with Crippen molar-refractivity contribution in [1.82, 2.24) is 9.97 Å². The molecule has 0 atom stereocenters. The van der Waals surface area contributed by atoms with Gasteiger partial charge in [0.2, 0.25) is 5.88 Å². The van der Waals surface area contributed by atoms with Crippen LogP contribution >= 0.6 is 0 Å². The molecular weight excluding hydrogens is 220 g/mol. The molecule has 0 saturated carbocycles. The number of carbonyl (C=O) groups is 1. The Hall–Kier alpha value is -2.43. The molecular formula is C12H10N2O3. The van der Waals surface area contributed by atoms with Gasteiger partial charge >= 0.3 is 5.97 Å². The molecule has 5 nitrogen and oxygen atoms in total. The molecule has 0 saturated heterocycles. The van der Waals surface area contributed by atoms with E-state index in [4.69, 9.17) is 9.84 Å². The molecule has 1 aromatic heterocycles. The maximum Gasteiger partial charge on any atom is 0.339 e. The number of aromatic carboxylic acids is 1. The van der Waals surface area contributed by atoms with E-state index in [2.05, 4.69) is 9.97 Å². The summed E-state index contributed by atoms with van der Waals surface area (Å²) in [4.78, 5) is 18.8. The lowest BCUT2D eigenvalue weighted by Gasteiger charge is -2.07. The van der Waals surface area contributed by atoms with Crippen molar-refractivity contribution in [3.05, 3.63) is 47.9 Å². The Balaban J connectivity index is 2.33. The first-order valence-electron chi connectivity index (χ1n) is 4.95. The predicted molar refractivity (Wildman–Crippen MR) is 60.2 cm³/mol. The highest BCUT2D eigenvalue weighted by molar-refractivity contribution is 5.90. The fraction of sp³-hybridized carbons (Fsp3) is 0.0833. The van der Waals surface area contributed by atoms with Crippen molar-refractivity contribution < 1.29 is 14.6 Å². The molecule has 0 spiro atoms. The van der Waals surface area contributed by atoms with Crippen molar-refractivity contribution >= 4 is 5.97 Å². The van der Waals surface area contributed by atoms with E-state index in [1.54, 1.807) is 31.2 Å². The van der Waals surface area contributed by atoms with Crippen LogP contribution in [0.3, 0.4) is 0 Å². The highest BCUT2D eigenvalue weighted by Gasteiger charge is 2.11. The number of para-hydroxylation sites is 1. The largest absolute Gasteiger partial charge is 0.478 e. The second-order valence-electron chi connectivity index (χ2n) is 3.40. The number of nitrogens with zero attached hydrogens (tertiary/aromatic N) is 2. The van der Waals surface area contributed by atoms with Crippen LogP contribution in [0.1, 0.15) is 16.1 Å². The molecule has 0 aliphatic heterocycles. The third kappa shape index (κ3) is 2.57. The fourth-order valence-corrected chi connectivity index (χ4v) is 1.33. The molecule has 17 heavy (non-hydrogen) atoms. The van der Waals surface area contributed by atoms with Crippen molar-refractivity contribution in [2.24, 2.45) is 0 Å². The highest BCUT2D eigenvalue weighted by Crippen LogP contribution is 2.23. The minimum absolute atomic E-state index is 0.101. The van der Waals surface area contributed by atoms with Gasteiger partial charge in [0.15, 0.2) is 0 Å². The number of carboxylic acids is 1. The van der Waals surface area contributed by atoms with Gasteiger partial charge in [-0.15, -0.1) is 0 Å². The van der Waals surface area contributed by atoms with E-state index in [1.165, 1.54) is 12.4 Å². The molecule has 0 aliphatic rings. The number of aromatic nitrogens is 2. The average molecular weight is 230 g/mol. The van der Waals surface area contributed by atoms with E-state index < -0.39 is 5.97 Å². The van der Waals surface area contributed by atoms with Crippen LogP contribution in [-0.4, -0.2) is 21.0 Å². The van der Waals surface area contributed by atoms with Crippen LogP contribution in [0.2, 0.25) is 0 Å². The molecule has 1 aromatic carbocycles. The molecule has 5 heteroatoms. The van der Waals surface area contributed by atoms with Gasteiger partial charge in [-0.3, -0.25) is 0 Å². The van der Waals surface area contributed by atoms with Crippen LogP contribution in [0.25, 0.3) is 0 Å². The normalized spacial score (nSPS) is 9.94. The Morgan fingerprint density at radius 1 is 1.29 bits per heavy atom. The van der Waals surface area contributed by atoms with Gasteiger partial charge in [0.05, 0.1) is 0 Å². The van der Waals surface area contributed by atoms with E-state index in [0.717, 1.165) is 5.69 Å². The second kappa shape index (κ2) is 4.61. The molecule has 86 valence electrons. The summed E-state index contributed by atoms with van der Waals surface area (Å²) >= 11 is 0. The molecule has 1 heterocycles. The number of hydrogen-bond acceptors (Lipinski definition) is 4. The van der Waals surface area contributed by atoms with Gasteiger partial charge in [0, 0.05) is 11.8 Å². The third-order valence-corrected chi connectivity index (χ3v) is 2.11.